The number of carbonyl (C=O) groups excluding carboxylic acids is 1. The highest BCUT2D eigenvalue weighted by atomic mass is 32.2. The number of ether oxygens (including phenoxy) is 1. The lowest BCUT2D eigenvalue weighted by Crippen LogP contribution is -2.19. The molecule has 7 nitrogen and oxygen atoms in total. The average Bonchev–Trinajstić information content (AvgIpc) is 3.40. The Bertz CT molecular complexity index is 1600. The molecule has 2 aromatic heterocycles. The molecule has 0 fully saturated rings. The van der Waals surface area contributed by atoms with Crippen LogP contribution in [0.4, 0.5) is 0 Å². The first kappa shape index (κ1) is 20.0. The Hall–Kier alpha value is -3.91. The number of methoxy groups -OCH3 is 1. The van der Waals surface area contributed by atoms with Crippen LogP contribution in [0.15, 0.2) is 77.7 Å². The summed E-state index contributed by atoms with van der Waals surface area (Å²) in [5.41, 5.74) is 2.34. The molecule has 2 heterocycles. The molecule has 8 heteroatoms. The van der Waals surface area contributed by atoms with Gasteiger partial charge >= 0.3 is 0 Å². The molecule has 0 atom stereocenters. The van der Waals surface area contributed by atoms with E-state index in [1.54, 1.807) is 60.7 Å². The molecule has 0 saturated heterocycles. The van der Waals surface area contributed by atoms with Gasteiger partial charge < -0.3 is 4.74 Å². The first-order valence-corrected chi connectivity index (χ1v) is 11.3. The molecular formula is C24H19N3O4S. The molecule has 0 radical (unpaired) electrons. The number of benzene rings is 3. The van der Waals surface area contributed by atoms with Gasteiger partial charge in [-0.15, -0.1) is 0 Å². The lowest BCUT2D eigenvalue weighted by molar-refractivity contribution is 0.103. The van der Waals surface area contributed by atoms with Crippen molar-refractivity contribution >= 4 is 37.6 Å². The van der Waals surface area contributed by atoms with E-state index in [9.17, 15) is 13.2 Å². The molecule has 0 aliphatic carbocycles. The van der Waals surface area contributed by atoms with Crippen LogP contribution in [0.1, 0.15) is 21.7 Å². The van der Waals surface area contributed by atoms with Gasteiger partial charge in [0.2, 0.25) is 5.78 Å². The van der Waals surface area contributed by atoms with Crippen LogP contribution in [-0.2, 0) is 10.0 Å². The van der Waals surface area contributed by atoms with Crippen molar-refractivity contribution in [1.82, 2.24) is 14.2 Å². The number of aromatic amines is 1. The average molecular weight is 446 g/mol. The summed E-state index contributed by atoms with van der Waals surface area (Å²) >= 11 is 0. The minimum absolute atomic E-state index is 0.0360. The van der Waals surface area contributed by atoms with Crippen molar-refractivity contribution in [2.75, 3.05) is 7.11 Å². The predicted octanol–water partition coefficient (Wildman–Crippen LogP) is 4.30. The van der Waals surface area contributed by atoms with Crippen LogP contribution >= 0.6 is 0 Å². The zero-order valence-corrected chi connectivity index (χ0v) is 18.2. The number of aryl methyl sites for hydroxylation is 1. The molecule has 0 amide bonds. The number of rotatable bonds is 5. The molecule has 5 aromatic rings. The Labute approximate surface area is 184 Å². The third-order valence-electron chi connectivity index (χ3n) is 5.50. The fourth-order valence-corrected chi connectivity index (χ4v) is 5.42. The number of carbonyl (C=O) groups is 1. The maximum Gasteiger partial charge on any atom is 0.268 e. The summed E-state index contributed by atoms with van der Waals surface area (Å²) < 4.78 is 33.8. The molecule has 5 rings (SSSR count). The largest absolute Gasteiger partial charge is 0.496 e. The smallest absolute Gasteiger partial charge is 0.268 e. The Morgan fingerprint density at radius 2 is 1.75 bits per heavy atom. The van der Waals surface area contributed by atoms with Gasteiger partial charge in [0.15, 0.2) is 0 Å². The topological polar surface area (TPSA) is 94.0 Å². The second-order valence-corrected chi connectivity index (χ2v) is 9.20. The summed E-state index contributed by atoms with van der Waals surface area (Å²) in [6.07, 6.45) is 0. The minimum Gasteiger partial charge on any atom is -0.496 e. The third kappa shape index (κ3) is 2.99. The van der Waals surface area contributed by atoms with E-state index in [1.165, 1.54) is 19.2 Å². The summed E-state index contributed by atoms with van der Waals surface area (Å²) in [6.45, 7) is 1.87. The number of H-pyrrole nitrogens is 1. The maximum atomic E-state index is 13.6. The highest BCUT2D eigenvalue weighted by Gasteiger charge is 2.28. The second kappa shape index (κ2) is 7.35. The van der Waals surface area contributed by atoms with Crippen LogP contribution in [0.3, 0.4) is 0 Å². The van der Waals surface area contributed by atoms with Crippen LogP contribution in [0.2, 0.25) is 0 Å². The molecule has 0 unspecified atom stereocenters. The van der Waals surface area contributed by atoms with Crippen molar-refractivity contribution in [2.24, 2.45) is 0 Å². The molecule has 1 N–H and O–H groups in total. The SMILES string of the molecule is COc1cccc2c1cc(C(=O)c1ccc3n[nH]c(C)c3c1)n2S(=O)(=O)c1ccccc1. The standard InChI is InChI=1S/C24H19N3O4S/c1-15-18-13-16(11-12-20(18)26-25-15)24(28)22-14-19-21(9-6-10-23(19)31-2)27(22)32(29,30)17-7-4-3-5-8-17/h3-14H,1-2H3,(H,25,26). The Kier molecular flexibility index (Phi) is 4.60. The van der Waals surface area contributed by atoms with Gasteiger partial charge in [-0.1, -0.05) is 24.3 Å². The monoisotopic (exact) mass is 445 g/mol. The quantitative estimate of drug-likeness (QED) is 0.407. The van der Waals surface area contributed by atoms with Crippen molar-refractivity contribution in [2.45, 2.75) is 11.8 Å². The van der Waals surface area contributed by atoms with E-state index in [1.807, 2.05) is 6.92 Å². The molecule has 3 aromatic carbocycles. The van der Waals surface area contributed by atoms with Crippen LogP contribution in [0.5, 0.6) is 5.75 Å². The first-order valence-electron chi connectivity index (χ1n) is 9.90. The summed E-state index contributed by atoms with van der Waals surface area (Å²) in [6, 6.07) is 19.9. The van der Waals surface area contributed by atoms with Gasteiger partial charge in [-0.2, -0.15) is 5.10 Å². The van der Waals surface area contributed by atoms with E-state index in [0.717, 1.165) is 20.6 Å². The van der Waals surface area contributed by atoms with Gasteiger partial charge in [0.1, 0.15) is 11.4 Å². The fourth-order valence-electron chi connectivity index (χ4n) is 3.90. The van der Waals surface area contributed by atoms with Gasteiger partial charge in [0, 0.05) is 22.0 Å². The van der Waals surface area contributed by atoms with Crippen LogP contribution < -0.4 is 4.74 Å². The highest BCUT2D eigenvalue weighted by Crippen LogP contribution is 2.33. The van der Waals surface area contributed by atoms with E-state index in [2.05, 4.69) is 10.2 Å². The van der Waals surface area contributed by atoms with E-state index in [4.69, 9.17) is 4.74 Å². The van der Waals surface area contributed by atoms with Crippen molar-refractivity contribution < 1.29 is 17.9 Å². The zero-order chi connectivity index (χ0) is 22.5. The second-order valence-electron chi connectivity index (χ2n) is 7.41. The summed E-state index contributed by atoms with van der Waals surface area (Å²) in [7, 11) is -2.54. The number of aromatic nitrogens is 3. The number of nitrogens with one attached hydrogen (secondary N) is 1. The number of hydrogen-bond donors (Lipinski definition) is 1. The van der Waals surface area contributed by atoms with Gasteiger partial charge in [-0.05, 0) is 55.5 Å². The Balaban J connectivity index is 1.79. The number of fused-ring (bicyclic) bond motifs is 2. The van der Waals surface area contributed by atoms with Crippen molar-refractivity contribution in [3.8, 4) is 5.75 Å². The van der Waals surface area contributed by atoms with Gasteiger partial charge in [0.05, 0.1) is 23.0 Å². The fraction of sp³-hybridized carbons (Fsp3) is 0.0833. The summed E-state index contributed by atoms with van der Waals surface area (Å²) in [5.74, 6) is 0.0740. The Morgan fingerprint density at radius 1 is 0.969 bits per heavy atom. The zero-order valence-electron chi connectivity index (χ0n) is 17.4. The summed E-state index contributed by atoms with van der Waals surface area (Å²) in [5, 5.41) is 8.44. The molecule has 160 valence electrons. The van der Waals surface area contributed by atoms with E-state index in [-0.39, 0.29) is 10.6 Å². The molecule has 0 aliphatic heterocycles. The van der Waals surface area contributed by atoms with E-state index >= 15 is 0 Å². The highest BCUT2D eigenvalue weighted by molar-refractivity contribution is 7.90. The van der Waals surface area contributed by atoms with Crippen LogP contribution in [0.25, 0.3) is 21.8 Å². The minimum atomic E-state index is -4.05. The number of hydrogen-bond acceptors (Lipinski definition) is 5. The van der Waals surface area contributed by atoms with Crippen molar-refractivity contribution in [1.29, 1.82) is 0 Å². The lowest BCUT2D eigenvalue weighted by Gasteiger charge is -2.12. The first-order chi connectivity index (χ1) is 15.4. The Morgan fingerprint density at radius 3 is 2.50 bits per heavy atom. The van der Waals surface area contributed by atoms with Gasteiger partial charge in [-0.3, -0.25) is 9.89 Å². The molecule has 0 saturated carbocycles. The van der Waals surface area contributed by atoms with Crippen molar-refractivity contribution in [3.05, 3.63) is 89.7 Å². The van der Waals surface area contributed by atoms with Crippen LogP contribution in [-0.4, -0.2) is 35.5 Å². The van der Waals surface area contributed by atoms with E-state index < -0.39 is 15.8 Å². The van der Waals surface area contributed by atoms with Gasteiger partial charge in [0.25, 0.3) is 10.0 Å². The van der Waals surface area contributed by atoms with Crippen LogP contribution in [0, 0.1) is 6.92 Å². The normalized spacial score (nSPS) is 11.8. The molecule has 32 heavy (non-hydrogen) atoms. The number of ketones is 1. The lowest BCUT2D eigenvalue weighted by atomic mass is 10.1. The van der Waals surface area contributed by atoms with E-state index in [0.29, 0.717) is 22.2 Å². The third-order valence-corrected chi connectivity index (χ3v) is 7.24. The number of nitrogens with zero attached hydrogens (tertiary/aromatic N) is 2. The molecule has 0 bridgehead atoms. The molecule has 0 aliphatic rings. The maximum absolute atomic E-state index is 13.6. The molecular weight excluding hydrogens is 426 g/mol. The molecule has 0 spiro atoms. The van der Waals surface area contributed by atoms with Gasteiger partial charge in [-0.25, -0.2) is 12.4 Å². The predicted molar refractivity (Wildman–Crippen MR) is 122 cm³/mol. The summed E-state index contributed by atoms with van der Waals surface area (Å²) in [4.78, 5) is 13.7. The van der Waals surface area contributed by atoms with Crippen molar-refractivity contribution in [3.63, 3.8) is 0 Å².